The molecule has 5 nitrogen and oxygen atoms in total. The van der Waals surface area contributed by atoms with Crippen molar-refractivity contribution in [2.75, 3.05) is 26.0 Å². The highest BCUT2D eigenvalue weighted by molar-refractivity contribution is 7.88. The summed E-state index contributed by atoms with van der Waals surface area (Å²) in [6.45, 7) is 4.14. The molecule has 14 heavy (non-hydrogen) atoms. The van der Waals surface area contributed by atoms with Crippen molar-refractivity contribution in [3.05, 3.63) is 0 Å². The summed E-state index contributed by atoms with van der Waals surface area (Å²) in [6.07, 6.45) is 1.86. The zero-order valence-electron chi connectivity index (χ0n) is 8.62. The summed E-state index contributed by atoms with van der Waals surface area (Å²) >= 11 is 0. The summed E-state index contributed by atoms with van der Waals surface area (Å²) in [6, 6.07) is -0.127. The Morgan fingerprint density at radius 1 is 1.64 bits per heavy atom. The van der Waals surface area contributed by atoms with Gasteiger partial charge in [0.1, 0.15) is 0 Å². The number of sulfonamides is 1. The predicted molar refractivity (Wildman–Crippen MR) is 54.7 cm³/mol. The Bertz CT molecular complexity index is 260. The highest BCUT2D eigenvalue weighted by Gasteiger charge is 2.25. The molecule has 0 aromatic heterocycles. The maximum Gasteiger partial charge on any atom is 0.209 e. The average Bonchev–Trinajstić information content (AvgIpc) is 2.14. The highest BCUT2D eigenvalue weighted by atomic mass is 32.2. The minimum Gasteiger partial charge on any atom is -0.374 e. The van der Waals surface area contributed by atoms with Crippen LogP contribution in [0.1, 0.15) is 13.3 Å². The van der Waals surface area contributed by atoms with E-state index in [2.05, 4.69) is 10.0 Å². The third-order valence-corrected chi connectivity index (χ3v) is 2.94. The average molecular weight is 222 g/mol. The molecule has 0 amide bonds. The fraction of sp³-hybridized carbons (Fsp3) is 1.00. The molecular formula is C8H18N2O3S. The second-order valence-electron chi connectivity index (χ2n) is 3.52. The molecule has 0 aliphatic carbocycles. The normalized spacial score (nSPS) is 26.0. The third kappa shape index (κ3) is 3.91. The number of hydrogen-bond donors (Lipinski definition) is 2. The van der Waals surface area contributed by atoms with E-state index >= 15 is 0 Å². The van der Waals surface area contributed by atoms with E-state index in [-0.39, 0.29) is 12.1 Å². The van der Waals surface area contributed by atoms with Crippen molar-refractivity contribution in [1.82, 2.24) is 10.0 Å². The fourth-order valence-corrected chi connectivity index (χ4v) is 2.41. The van der Waals surface area contributed by atoms with Crippen LogP contribution in [0.15, 0.2) is 0 Å². The van der Waals surface area contributed by atoms with Gasteiger partial charge in [-0.15, -0.1) is 0 Å². The Morgan fingerprint density at radius 3 is 2.79 bits per heavy atom. The van der Waals surface area contributed by atoms with Crippen molar-refractivity contribution in [3.63, 3.8) is 0 Å². The van der Waals surface area contributed by atoms with Crippen molar-refractivity contribution >= 4 is 10.0 Å². The first kappa shape index (κ1) is 11.9. The molecule has 1 rings (SSSR count). The molecule has 0 spiro atoms. The van der Waals surface area contributed by atoms with Crippen LogP contribution in [0.25, 0.3) is 0 Å². The van der Waals surface area contributed by atoms with E-state index in [0.29, 0.717) is 13.2 Å². The van der Waals surface area contributed by atoms with Gasteiger partial charge in [-0.05, 0) is 6.42 Å². The molecule has 1 heterocycles. The van der Waals surface area contributed by atoms with Gasteiger partial charge in [0.05, 0.1) is 19.0 Å². The lowest BCUT2D eigenvalue weighted by molar-refractivity contribution is 0.00847. The van der Waals surface area contributed by atoms with Gasteiger partial charge in [0.2, 0.25) is 10.0 Å². The summed E-state index contributed by atoms with van der Waals surface area (Å²) in [5, 5.41) is 3.18. The molecule has 0 saturated carbocycles. The van der Waals surface area contributed by atoms with Gasteiger partial charge in [-0.25, -0.2) is 13.1 Å². The van der Waals surface area contributed by atoms with Crippen molar-refractivity contribution in [3.8, 4) is 0 Å². The van der Waals surface area contributed by atoms with Crippen LogP contribution < -0.4 is 10.0 Å². The minimum absolute atomic E-state index is 0.0523. The first-order valence-corrected chi connectivity index (χ1v) is 6.71. The Labute approximate surface area is 85.3 Å². The second kappa shape index (κ2) is 5.06. The van der Waals surface area contributed by atoms with Crippen molar-refractivity contribution < 1.29 is 13.2 Å². The molecule has 1 fully saturated rings. The maximum absolute atomic E-state index is 11.1. The zero-order chi connectivity index (χ0) is 10.6. The monoisotopic (exact) mass is 222 g/mol. The first-order chi connectivity index (χ1) is 6.53. The molecule has 0 radical (unpaired) electrons. The number of hydrogen-bond acceptors (Lipinski definition) is 4. The Kier molecular flexibility index (Phi) is 4.31. The molecule has 1 aliphatic rings. The van der Waals surface area contributed by atoms with E-state index in [9.17, 15) is 8.42 Å². The Hall–Kier alpha value is -0.170. The van der Waals surface area contributed by atoms with E-state index in [1.165, 1.54) is 6.26 Å². The van der Waals surface area contributed by atoms with E-state index in [1.54, 1.807) is 0 Å². The number of rotatable bonds is 4. The van der Waals surface area contributed by atoms with Gasteiger partial charge in [-0.2, -0.15) is 0 Å². The Morgan fingerprint density at radius 2 is 2.36 bits per heavy atom. The highest BCUT2D eigenvalue weighted by Crippen LogP contribution is 2.06. The molecule has 1 saturated heterocycles. The maximum atomic E-state index is 11.1. The van der Waals surface area contributed by atoms with E-state index in [0.717, 1.165) is 13.0 Å². The largest absolute Gasteiger partial charge is 0.374 e. The van der Waals surface area contributed by atoms with E-state index in [1.807, 2.05) is 6.92 Å². The molecule has 2 unspecified atom stereocenters. The third-order valence-electron chi connectivity index (χ3n) is 2.21. The molecule has 0 bridgehead atoms. The van der Waals surface area contributed by atoms with Gasteiger partial charge in [0.15, 0.2) is 0 Å². The molecule has 0 aromatic rings. The standard InChI is InChI=1S/C8H18N2O3S/c1-3-7(10-14(2,11)12)8-6-9-4-5-13-8/h7-10H,3-6H2,1-2H3. The summed E-state index contributed by atoms with van der Waals surface area (Å²) < 4.78 is 30.2. The van der Waals surface area contributed by atoms with Crippen LogP contribution in [0.2, 0.25) is 0 Å². The molecule has 0 aromatic carbocycles. The second-order valence-corrected chi connectivity index (χ2v) is 5.30. The number of morpholine rings is 1. The van der Waals surface area contributed by atoms with Crippen LogP contribution in [0, 0.1) is 0 Å². The zero-order valence-corrected chi connectivity index (χ0v) is 9.43. The summed E-state index contributed by atoms with van der Waals surface area (Å²) in [5.74, 6) is 0. The van der Waals surface area contributed by atoms with Gasteiger partial charge in [-0.1, -0.05) is 6.92 Å². The predicted octanol–water partition coefficient (Wildman–Crippen LogP) is -0.697. The van der Waals surface area contributed by atoms with Crippen LogP contribution in [-0.4, -0.2) is 46.5 Å². The van der Waals surface area contributed by atoms with E-state index in [4.69, 9.17) is 4.74 Å². The number of nitrogens with one attached hydrogen (secondary N) is 2. The molecule has 1 aliphatic heterocycles. The van der Waals surface area contributed by atoms with Crippen molar-refractivity contribution in [1.29, 1.82) is 0 Å². The summed E-state index contributed by atoms with van der Waals surface area (Å²) in [5.41, 5.74) is 0. The number of ether oxygens (including phenoxy) is 1. The fourth-order valence-electron chi connectivity index (χ4n) is 1.54. The summed E-state index contributed by atoms with van der Waals surface area (Å²) in [4.78, 5) is 0. The lowest BCUT2D eigenvalue weighted by atomic mass is 10.1. The molecule has 6 heteroatoms. The lowest BCUT2D eigenvalue weighted by Crippen LogP contribution is -2.51. The lowest BCUT2D eigenvalue weighted by Gasteiger charge is -2.30. The Balaban J connectivity index is 2.52. The topological polar surface area (TPSA) is 67.4 Å². The van der Waals surface area contributed by atoms with Crippen LogP contribution in [-0.2, 0) is 14.8 Å². The van der Waals surface area contributed by atoms with Gasteiger partial charge in [-0.3, -0.25) is 0 Å². The molecular weight excluding hydrogens is 204 g/mol. The molecule has 84 valence electrons. The SMILES string of the molecule is CCC(NS(C)(=O)=O)C1CNCCO1. The van der Waals surface area contributed by atoms with Gasteiger partial charge < -0.3 is 10.1 Å². The summed E-state index contributed by atoms with van der Waals surface area (Å²) in [7, 11) is -3.14. The van der Waals surface area contributed by atoms with E-state index < -0.39 is 10.0 Å². The molecule has 2 atom stereocenters. The van der Waals surface area contributed by atoms with Crippen molar-refractivity contribution in [2.24, 2.45) is 0 Å². The van der Waals surface area contributed by atoms with Crippen LogP contribution in [0.5, 0.6) is 0 Å². The van der Waals surface area contributed by atoms with Gasteiger partial charge >= 0.3 is 0 Å². The first-order valence-electron chi connectivity index (χ1n) is 4.82. The van der Waals surface area contributed by atoms with Gasteiger partial charge in [0.25, 0.3) is 0 Å². The van der Waals surface area contributed by atoms with Crippen LogP contribution in [0.4, 0.5) is 0 Å². The smallest absolute Gasteiger partial charge is 0.209 e. The van der Waals surface area contributed by atoms with Crippen LogP contribution in [0.3, 0.4) is 0 Å². The van der Waals surface area contributed by atoms with Crippen LogP contribution >= 0.6 is 0 Å². The van der Waals surface area contributed by atoms with Gasteiger partial charge in [0, 0.05) is 19.1 Å². The quantitative estimate of drug-likeness (QED) is 0.660. The van der Waals surface area contributed by atoms with Crippen molar-refractivity contribution in [2.45, 2.75) is 25.5 Å². The molecule has 2 N–H and O–H groups in total. The minimum atomic E-state index is -3.14.